The molecule has 0 aliphatic rings. The molecule has 0 fully saturated rings. The molecule has 0 atom stereocenters. The summed E-state index contributed by atoms with van der Waals surface area (Å²) >= 11 is 0. The zero-order chi connectivity index (χ0) is 13.5. The van der Waals surface area contributed by atoms with E-state index in [4.69, 9.17) is 52.6 Å². The van der Waals surface area contributed by atoms with Gasteiger partial charge in [-0.15, -0.1) is 0 Å². The minimum Gasteiger partial charge on any atom is -0.759 e. The van der Waals surface area contributed by atoms with Crippen LogP contribution in [-0.2, 0) is 65.9 Å². The molecule has 0 saturated heterocycles. The predicted octanol–water partition coefficient (Wildman–Crippen LogP) is -5.67. The van der Waals surface area contributed by atoms with Crippen molar-refractivity contribution in [1.29, 1.82) is 0 Å². The second-order valence-corrected chi connectivity index (χ2v) is 3.67. The Morgan fingerprint density at radius 1 is 0.421 bits per heavy atom. The maximum atomic E-state index is 8.52. The van der Waals surface area contributed by atoms with Crippen LogP contribution >= 0.6 is 0 Å². The van der Waals surface area contributed by atoms with Crippen LogP contribution in [0.25, 0.3) is 0 Å². The van der Waals surface area contributed by atoms with E-state index >= 15 is 0 Å². The molecule has 0 bridgehead atoms. The summed E-state index contributed by atoms with van der Waals surface area (Å²) in [6, 6.07) is 0. The normalized spacial score (nSPS) is 9.16. The van der Waals surface area contributed by atoms with E-state index in [-0.39, 0.29) is 45.7 Å². The van der Waals surface area contributed by atoms with E-state index in [1.165, 1.54) is 0 Å². The fourth-order valence-electron chi connectivity index (χ4n) is 0. The van der Waals surface area contributed by atoms with Gasteiger partial charge in [-0.05, 0) is 0 Å². The smallest absolute Gasteiger partial charge is 0.759 e. The van der Waals surface area contributed by atoms with Crippen molar-refractivity contribution in [2.24, 2.45) is 0 Å². The van der Waals surface area contributed by atoms with E-state index < -0.39 is 31.2 Å². The summed E-state index contributed by atoms with van der Waals surface area (Å²) < 4.78 is 102. The van der Waals surface area contributed by atoms with Gasteiger partial charge in [-0.2, -0.15) is 0 Å². The first kappa shape index (κ1) is 42.7. The fourth-order valence-corrected chi connectivity index (χ4v) is 0. The van der Waals surface area contributed by atoms with E-state index in [1.807, 2.05) is 0 Å². The molecule has 4 N–H and O–H groups in total. The molecule has 19 heavy (non-hydrogen) atoms. The summed E-state index contributed by atoms with van der Waals surface area (Å²) in [6.45, 7) is 0. The van der Waals surface area contributed by atoms with Gasteiger partial charge in [0.1, 0.15) is 0 Å². The first-order valence-electron chi connectivity index (χ1n) is 2.00. The summed E-state index contributed by atoms with van der Waals surface area (Å²) in [5.74, 6) is 0. The molecule has 0 heterocycles. The average Bonchev–Trinajstić information content (AvgIpc) is 1.41. The van der Waals surface area contributed by atoms with Gasteiger partial charge in [0.15, 0.2) is 0 Å². The molecule has 0 rings (SSSR count). The van der Waals surface area contributed by atoms with Gasteiger partial charge in [0.25, 0.3) is 0 Å². The Bertz CT molecular complexity index is 342. The Balaban J connectivity index is -0.0000000206. The molecule has 19 heteroatoms. The van der Waals surface area contributed by atoms with Crippen molar-refractivity contribution in [1.82, 2.24) is 0 Å². The van der Waals surface area contributed by atoms with Crippen LogP contribution < -0.4 is 0 Å². The van der Waals surface area contributed by atoms with E-state index in [2.05, 4.69) is 0 Å². The number of rotatable bonds is 0. The van der Waals surface area contributed by atoms with E-state index in [0.717, 1.165) is 0 Å². The van der Waals surface area contributed by atoms with Gasteiger partial charge >= 0.3 is 34.7 Å². The van der Waals surface area contributed by atoms with Crippen LogP contribution in [0.2, 0.25) is 0 Å². The van der Waals surface area contributed by atoms with E-state index in [0.29, 0.717) is 0 Å². The van der Waals surface area contributed by atoms with Crippen LogP contribution in [0.4, 0.5) is 0 Å². The number of hydrogen-bond acceptors (Lipinski definition) is 12. The Hall–Kier alpha value is 0.595. The van der Waals surface area contributed by atoms with Gasteiger partial charge in [0, 0.05) is 31.2 Å². The first-order chi connectivity index (χ1) is 6.00. The molecule has 0 aromatic rings. The molecule has 0 aliphatic heterocycles. The van der Waals surface area contributed by atoms with Crippen LogP contribution in [0.3, 0.4) is 0 Å². The Morgan fingerprint density at radius 2 is 0.421 bits per heavy atom. The monoisotopic (exact) mass is 428 g/mol. The molecule has 0 unspecified atom stereocenters. The molecule has 0 saturated carbocycles. The van der Waals surface area contributed by atoms with Gasteiger partial charge < -0.3 is 38.3 Å². The van der Waals surface area contributed by atoms with Crippen molar-refractivity contribution < 1.29 is 98.2 Å². The SMILES string of the molecule is O.O.O=S(=O)([O-])[O-].O=S(=O)([O-])[O-].O=S(=O)([O-])[O-].[Cr+3].[Cr+3]. The van der Waals surface area contributed by atoms with Gasteiger partial charge in [-0.3, -0.25) is 25.3 Å². The fraction of sp³-hybridized carbons (Fsp3) is 0. The van der Waals surface area contributed by atoms with Gasteiger partial charge in [-0.25, -0.2) is 0 Å². The summed E-state index contributed by atoms with van der Waals surface area (Å²) in [7, 11) is -15.5. The largest absolute Gasteiger partial charge is 3.00 e. The third kappa shape index (κ3) is 14500. The first-order valence-corrected chi connectivity index (χ1v) is 6.00. The minimum absolute atomic E-state index is 0. The van der Waals surface area contributed by atoms with Gasteiger partial charge in [0.2, 0.25) is 0 Å². The molecular weight excluding hydrogens is 424 g/mol. The summed E-state index contributed by atoms with van der Waals surface area (Å²) in [4.78, 5) is 0. The van der Waals surface area contributed by atoms with Crippen LogP contribution in [0.15, 0.2) is 0 Å². The Kier molecular flexibility index (Phi) is 37.4. The predicted molar refractivity (Wildman–Crippen MR) is 38.7 cm³/mol. The quantitative estimate of drug-likeness (QED) is 0.257. The van der Waals surface area contributed by atoms with E-state index in [1.54, 1.807) is 0 Å². The van der Waals surface area contributed by atoms with Crippen molar-refractivity contribution in [2.75, 3.05) is 0 Å². The Morgan fingerprint density at radius 3 is 0.421 bits per heavy atom. The molecule has 0 aromatic heterocycles. The number of hydrogen-bond donors (Lipinski definition) is 0. The zero-order valence-corrected chi connectivity index (χ0v) is 12.9. The third-order valence-corrected chi connectivity index (χ3v) is 0. The summed E-state index contributed by atoms with van der Waals surface area (Å²) in [5, 5.41) is 0. The van der Waals surface area contributed by atoms with Crippen LogP contribution in [-0.4, -0.2) is 63.5 Å². The van der Waals surface area contributed by atoms with Crippen LogP contribution in [0.1, 0.15) is 0 Å². The molecule has 0 spiro atoms. The topological polar surface area (TPSA) is 304 Å². The van der Waals surface area contributed by atoms with Gasteiger partial charge in [-0.1, -0.05) is 0 Å². The molecule has 2 radical (unpaired) electrons. The molecule has 14 nitrogen and oxygen atoms in total. The second-order valence-electron chi connectivity index (χ2n) is 1.22. The van der Waals surface area contributed by atoms with E-state index in [9.17, 15) is 0 Å². The van der Waals surface area contributed by atoms with Crippen molar-refractivity contribution in [3.8, 4) is 0 Å². The molecule has 0 aromatic carbocycles. The van der Waals surface area contributed by atoms with Crippen LogP contribution in [0.5, 0.6) is 0 Å². The third-order valence-electron chi connectivity index (χ3n) is 0. The van der Waals surface area contributed by atoms with Crippen molar-refractivity contribution >= 4 is 31.2 Å². The Labute approximate surface area is 129 Å². The minimum atomic E-state index is -5.17. The van der Waals surface area contributed by atoms with Crippen LogP contribution in [0, 0.1) is 0 Å². The van der Waals surface area contributed by atoms with Crippen molar-refractivity contribution in [3.05, 3.63) is 0 Å². The molecule has 0 amide bonds. The maximum Gasteiger partial charge on any atom is 3.00 e. The molecule has 118 valence electrons. The summed E-state index contributed by atoms with van der Waals surface area (Å²) in [5.41, 5.74) is 0. The van der Waals surface area contributed by atoms with Crippen molar-refractivity contribution in [3.63, 3.8) is 0 Å². The summed E-state index contributed by atoms with van der Waals surface area (Å²) in [6.07, 6.45) is 0. The molecular formula is H4Cr2O14S3. The average molecular weight is 428 g/mol. The standard InChI is InChI=1S/2Cr.3H2O4S.2H2O/c;;3*1-5(2,3)4;;/h;;3*(H2,1,2,3,4);2*1H2/q2*+3;;;;;/p-6. The second kappa shape index (κ2) is 16.6. The molecule has 0 aliphatic carbocycles. The zero-order valence-electron chi connectivity index (χ0n) is 7.94. The van der Waals surface area contributed by atoms with Crippen molar-refractivity contribution in [2.45, 2.75) is 0 Å². The maximum absolute atomic E-state index is 8.52. The van der Waals surface area contributed by atoms with Gasteiger partial charge in [0.05, 0.1) is 0 Å².